The summed E-state index contributed by atoms with van der Waals surface area (Å²) < 4.78 is 41.5. The standard InChI is InChI=1S/C21H20ClF3N4O3/c1-13(30)11-28-19(14-6-8-16(22)9-7-14)27-29(20(28)32)12-18(31)26-10-15-4-2-3-5-17(15)21(23,24)25/h2-9,13,30H,10-12H2,1H3,(H,26,31). The summed E-state index contributed by atoms with van der Waals surface area (Å²) in [5, 5.41) is 16.8. The second-order valence-corrected chi connectivity index (χ2v) is 7.60. The summed E-state index contributed by atoms with van der Waals surface area (Å²) in [6.07, 6.45) is -5.41. The fraction of sp³-hybridized carbons (Fsp3) is 0.286. The van der Waals surface area contributed by atoms with Crippen LogP contribution in [0.2, 0.25) is 5.02 Å². The van der Waals surface area contributed by atoms with Gasteiger partial charge in [0.15, 0.2) is 5.82 Å². The van der Waals surface area contributed by atoms with Crippen molar-refractivity contribution in [2.45, 2.75) is 38.8 Å². The second kappa shape index (κ2) is 9.58. The van der Waals surface area contributed by atoms with Gasteiger partial charge < -0.3 is 10.4 Å². The lowest BCUT2D eigenvalue weighted by Crippen LogP contribution is -2.34. The van der Waals surface area contributed by atoms with Crippen molar-refractivity contribution >= 4 is 17.5 Å². The van der Waals surface area contributed by atoms with Gasteiger partial charge in [-0.2, -0.15) is 13.2 Å². The zero-order chi connectivity index (χ0) is 23.5. The molecule has 1 unspecified atom stereocenters. The maximum atomic E-state index is 13.1. The molecule has 11 heteroatoms. The number of hydrogen-bond donors (Lipinski definition) is 2. The molecule has 0 aliphatic carbocycles. The molecule has 1 atom stereocenters. The molecule has 1 heterocycles. The highest BCUT2D eigenvalue weighted by atomic mass is 35.5. The van der Waals surface area contributed by atoms with E-state index >= 15 is 0 Å². The maximum absolute atomic E-state index is 13.1. The van der Waals surface area contributed by atoms with Gasteiger partial charge in [0.05, 0.1) is 18.2 Å². The molecule has 2 N–H and O–H groups in total. The average molecular weight is 469 g/mol. The molecule has 0 aliphatic rings. The Morgan fingerprint density at radius 2 is 1.84 bits per heavy atom. The first-order chi connectivity index (χ1) is 15.1. The fourth-order valence-electron chi connectivity index (χ4n) is 3.12. The molecule has 1 aromatic heterocycles. The summed E-state index contributed by atoms with van der Waals surface area (Å²) in [7, 11) is 0. The summed E-state index contributed by atoms with van der Waals surface area (Å²) >= 11 is 5.90. The Kier molecular flexibility index (Phi) is 7.05. The summed E-state index contributed by atoms with van der Waals surface area (Å²) in [6, 6.07) is 11.4. The number of hydrogen-bond acceptors (Lipinski definition) is 4. The lowest BCUT2D eigenvalue weighted by Gasteiger charge is -2.13. The van der Waals surface area contributed by atoms with E-state index in [2.05, 4.69) is 10.4 Å². The molecule has 0 aliphatic heterocycles. The number of aromatic nitrogens is 3. The van der Waals surface area contributed by atoms with Gasteiger partial charge >= 0.3 is 11.9 Å². The van der Waals surface area contributed by atoms with E-state index in [9.17, 15) is 27.9 Å². The molecule has 0 saturated carbocycles. The zero-order valence-corrected chi connectivity index (χ0v) is 17.7. The van der Waals surface area contributed by atoms with Gasteiger partial charge in [-0.1, -0.05) is 29.8 Å². The molecule has 3 rings (SSSR count). The molecule has 3 aromatic rings. The second-order valence-electron chi connectivity index (χ2n) is 7.16. The van der Waals surface area contributed by atoms with Gasteiger partial charge in [-0.25, -0.2) is 9.48 Å². The van der Waals surface area contributed by atoms with Crippen molar-refractivity contribution in [2.24, 2.45) is 0 Å². The number of amides is 1. The Morgan fingerprint density at radius 3 is 2.47 bits per heavy atom. The fourth-order valence-corrected chi connectivity index (χ4v) is 3.25. The summed E-state index contributed by atoms with van der Waals surface area (Å²) in [6.45, 7) is 0.583. The van der Waals surface area contributed by atoms with Crippen LogP contribution in [-0.4, -0.2) is 31.5 Å². The third-order valence-electron chi connectivity index (χ3n) is 4.56. The Labute approximate surface area is 186 Å². The van der Waals surface area contributed by atoms with Crippen LogP contribution in [0.15, 0.2) is 53.3 Å². The molecular weight excluding hydrogens is 449 g/mol. The largest absolute Gasteiger partial charge is 0.416 e. The van der Waals surface area contributed by atoms with Crippen LogP contribution in [0, 0.1) is 0 Å². The third kappa shape index (κ3) is 5.57. The van der Waals surface area contributed by atoms with Gasteiger partial charge in [-0.3, -0.25) is 9.36 Å². The Balaban J connectivity index is 1.81. The quantitative estimate of drug-likeness (QED) is 0.557. The number of nitrogens with one attached hydrogen (secondary N) is 1. The first-order valence-electron chi connectivity index (χ1n) is 9.59. The van der Waals surface area contributed by atoms with Gasteiger partial charge in [-0.05, 0) is 42.8 Å². The van der Waals surface area contributed by atoms with Gasteiger partial charge in [0.25, 0.3) is 0 Å². The number of carbonyl (C=O) groups excluding carboxylic acids is 1. The van der Waals surface area contributed by atoms with E-state index in [1.807, 2.05) is 0 Å². The van der Waals surface area contributed by atoms with E-state index in [1.165, 1.54) is 29.7 Å². The van der Waals surface area contributed by atoms with Crippen molar-refractivity contribution in [1.82, 2.24) is 19.7 Å². The van der Waals surface area contributed by atoms with Gasteiger partial charge in [0, 0.05) is 17.1 Å². The van der Waals surface area contributed by atoms with Crippen LogP contribution in [0.5, 0.6) is 0 Å². The van der Waals surface area contributed by atoms with Crippen LogP contribution >= 0.6 is 11.6 Å². The number of halogens is 4. The number of aliphatic hydroxyl groups excluding tert-OH is 1. The van der Waals surface area contributed by atoms with Crippen LogP contribution in [0.4, 0.5) is 13.2 Å². The Morgan fingerprint density at radius 1 is 1.19 bits per heavy atom. The van der Waals surface area contributed by atoms with Crippen molar-refractivity contribution in [3.05, 3.63) is 75.2 Å². The highest BCUT2D eigenvalue weighted by Gasteiger charge is 2.32. The monoisotopic (exact) mass is 468 g/mol. The van der Waals surface area contributed by atoms with Crippen molar-refractivity contribution in [1.29, 1.82) is 0 Å². The molecule has 170 valence electrons. The van der Waals surface area contributed by atoms with E-state index in [4.69, 9.17) is 11.6 Å². The molecule has 32 heavy (non-hydrogen) atoms. The smallest absolute Gasteiger partial charge is 0.392 e. The van der Waals surface area contributed by atoms with Gasteiger partial charge in [0.1, 0.15) is 6.54 Å². The molecule has 0 saturated heterocycles. The van der Waals surface area contributed by atoms with Crippen molar-refractivity contribution in [2.75, 3.05) is 0 Å². The van der Waals surface area contributed by atoms with E-state index in [0.717, 1.165) is 10.7 Å². The average Bonchev–Trinajstić information content (AvgIpc) is 3.01. The Hall–Kier alpha value is -3.11. The minimum Gasteiger partial charge on any atom is -0.392 e. The number of nitrogens with zero attached hydrogens (tertiary/aromatic N) is 3. The molecule has 0 spiro atoms. The van der Waals surface area contributed by atoms with Crippen LogP contribution < -0.4 is 11.0 Å². The zero-order valence-electron chi connectivity index (χ0n) is 16.9. The van der Waals surface area contributed by atoms with Crippen molar-refractivity contribution in [3.8, 4) is 11.4 Å². The number of benzene rings is 2. The number of aliphatic hydroxyl groups is 1. The van der Waals surface area contributed by atoms with E-state index < -0.39 is 36.0 Å². The van der Waals surface area contributed by atoms with E-state index in [-0.39, 0.29) is 24.5 Å². The van der Waals surface area contributed by atoms with Gasteiger partial charge in [0.2, 0.25) is 5.91 Å². The highest BCUT2D eigenvalue weighted by Crippen LogP contribution is 2.31. The molecule has 2 aromatic carbocycles. The summed E-state index contributed by atoms with van der Waals surface area (Å²) in [5.41, 5.74) is -1.03. The van der Waals surface area contributed by atoms with Crippen LogP contribution in [-0.2, 0) is 30.6 Å². The lowest BCUT2D eigenvalue weighted by atomic mass is 10.1. The summed E-state index contributed by atoms with van der Waals surface area (Å²) in [5.74, 6) is -0.462. The highest BCUT2D eigenvalue weighted by molar-refractivity contribution is 6.30. The first-order valence-corrected chi connectivity index (χ1v) is 9.97. The van der Waals surface area contributed by atoms with Gasteiger partial charge in [-0.15, -0.1) is 5.10 Å². The first kappa shape index (κ1) is 23.6. The molecule has 0 bridgehead atoms. The number of alkyl halides is 3. The third-order valence-corrected chi connectivity index (χ3v) is 4.82. The predicted octanol–water partition coefficient (Wildman–Crippen LogP) is 3.08. The van der Waals surface area contributed by atoms with Crippen LogP contribution in [0.25, 0.3) is 11.4 Å². The SMILES string of the molecule is CC(O)Cn1c(-c2ccc(Cl)cc2)nn(CC(=O)NCc2ccccc2C(F)(F)F)c1=O. The normalized spacial score (nSPS) is 12.6. The van der Waals surface area contributed by atoms with Crippen LogP contribution in [0.1, 0.15) is 18.1 Å². The molecule has 7 nitrogen and oxygen atoms in total. The van der Waals surface area contributed by atoms with E-state index in [1.54, 1.807) is 24.3 Å². The minimum atomic E-state index is -4.55. The molecule has 0 radical (unpaired) electrons. The van der Waals surface area contributed by atoms with Crippen LogP contribution in [0.3, 0.4) is 0 Å². The molecular formula is C21H20ClF3N4O3. The topological polar surface area (TPSA) is 89.2 Å². The molecule has 1 amide bonds. The number of carbonyl (C=O) groups is 1. The van der Waals surface area contributed by atoms with Crippen molar-refractivity contribution < 1.29 is 23.1 Å². The summed E-state index contributed by atoms with van der Waals surface area (Å²) in [4.78, 5) is 25.1. The maximum Gasteiger partial charge on any atom is 0.416 e. The Bertz CT molecular complexity index is 1150. The van der Waals surface area contributed by atoms with E-state index in [0.29, 0.717) is 10.6 Å². The minimum absolute atomic E-state index is 0.0582. The predicted molar refractivity (Wildman–Crippen MR) is 112 cm³/mol. The van der Waals surface area contributed by atoms with Crippen molar-refractivity contribution in [3.63, 3.8) is 0 Å². The number of rotatable bonds is 7. The lowest BCUT2D eigenvalue weighted by molar-refractivity contribution is -0.138. The molecule has 0 fully saturated rings.